The molecule has 0 amide bonds. The Morgan fingerprint density at radius 3 is 2.71 bits per heavy atom. The van der Waals surface area contributed by atoms with Crippen molar-refractivity contribution in [2.24, 2.45) is 0 Å². The van der Waals surface area contributed by atoms with Gasteiger partial charge in [0.15, 0.2) is 5.11 Å². The third kappa shape index (κ3) is 5.82. The van der Waals surface area contributed by atoms with Gasteiger partial charge in [0, 0.05) is 6.04 Å². The van der Waals surface area contributed by atoms with Crippen LogP contribution >= 0.6 is 12.2 Å². The zero-order valence-electron chi connectivity index (χ0n) is 7.89. The Balaban J connectivity index is 3.80. The highest BCUT2D eigenvalue weighted by Gasteiger charge is 2.27. The van der Waals surface area contributed by atoms with Crippen molar-refractivity contribution < 1.29 is 13.9 Å². The average Bonchev–Trinajstić information content (AvgIpc) is 2.15. The minimum Gasteiger partial charge on any atom is -0.390 e. The third-order valence-electron chi connectivity index (χ3n) is 1.45. The van der Waals surface area contributed by atoms with Crippen molar-refractivity contribution in [1.82, 2.24) is 10.6 Å². The Kier molecular flexibility index (Phi) is 5.56. The highest BCUT2D eigenvalue weighted by Crippen LogP contribution is 2.09. The van der Waals surface area contributed by atoms with Crippen molar-refractivity contribution in [2.45, 2.75) is 18.9 Å². The minimum atomic E-state index is -3.15. The SMILES string of the molecule is C=CC(C)NC(=S)NCC(F)(F)CO. The van der Waals surface area contributed by atoms with Gasteiger partial charge in [-0.3, -0.25) is 0 Å². The first kappa shape index (κ1) is 13.2. The zero-order chi connectivity index (χ0) is 11.2. The van der Waals surface area contributed by atoms with Gasteiger partial charge in [0.2, 0.25) is 0 Å². The summed E-state index contributed by atoms with van der Waals surface area (Å²) in [5.74, 6) is -3.15. The van der Waals surface area contributed by atoms with Crippen LogP contribution in [0.4, 0.5) is 8.78 Å². The second-order valence-electron chi connectivity index (χ2n) is 2.87. The molecule has 3 nitrogen and oxygen atoms in total. The number of nitrogens with one attached hydrogen (secondary N) is 2. The van der Waals surface area contributed by atoms with E-state index in [2.05, 4.69) is 17.2 Å². The first-order chi connectivity index (χ1) is 6.41. The second-order valence-corrected chi connectivity index (χ2v) is 3.27. The van der Waals surface area contributed by atoms with Crippen LogP contribution in [0.25, 0.3) is 0 Å². The van der Waals surface area contributed by atoms with E-state index in [9.17, 15) is 8.78 Å². The molecule has 0 bridgehead atoms. The lowest BCUT2D eigenvalue weighted by Crippen LogP contribution is -2.45. The van der Waals surface area contributed by atoms with E-state index in [1.54, 1.807) is 13.0 Å². The first-order valence-electron chi connectivity index (χ1n) is 4.07. The smallest absolute Gasteiger partial charge is 0.287 e. The highest BCUT2D eigenvalue weighted by atomic mass is 32.1. The molecule has 6 heteroatoms. The summed E-state index contributed by atoms with van der Waals surface area (Å²) < 4.78 is 25.0. The van der Waals surface area contributed by atoms with Crippen LogP contribution in [0.2, 0.25) is 0 Å². The molecule has 0 aromatic carbocycles. The van der Waals surface area contributed by atoms with Crippen LogP contribution in [0, 0.1) is 0 Å². The van der Waals surface area contributed by atoms with Gasteiger partial charge in [-0.15, -0.1) is 6.58 Å². The molecule has 0 aliphatic rings. The number of hydrogen-bond acceptors (Lipinski definition) is 2. The van der Waals surface area contributed by atoms with Gasteiger partial charge in [-0.2, -0.15) is 0 Å². The van der Waals surface area contributed by atoms with E-state index in [0.29, 0.717) is 0 Å². The number of aliphatic hydroxyl groups is 1. The van der Waals surface area contributed by atoms with Gasteiger partial charge in [0.05, 0.1) is 6.54 Å². The Morgan fingerprint density at radius 2 is 2.29 bits per heavy atom. The second kappa shape index (κ2) is 5.87. The van der Waals surface area contributed by atoms with Crippen molar-refractivity contribution in [3.8, 4) is 0 Å². The number of hydrogen-bond donors (Lipinski definition) is 3. The Hall–Kier alpha value is -0.750. The maximum Gasteiger partial charge on any atom is 0.287 e. The predicted octanol–water partition coefficient (Wildman–Crippen LogP) is 0.653. The summed E-state index contributed by atoms with van der Waals surface area (Å²) >= 11 is 4.73. The molecule has 0 heterocycles. The molecule has 0 rings (SSSR count). The molecule has 0 aliphatic carbocycles. The summed E-state index contributed by atoms with van der Waals surface area (Å²) in [6.45, 7) is 3.41. The van der Waals surface area contributed by atoms with Crippen LogP contribution in [0.15, 0.2) is 12.7 Å². The van der Waals surface area contributed by atoms with Crippen molar-refractivity contribution in [3.05, 3.63) is 12.7 Å². The molecule has 1 unspecified atom stereocenters. The summed E-state index contributed by atoms with van der Waals surface area (Å²) in [6.07, 6.45) is 1.60. The van der Waals surface area contributed by atoms with Crippen LogP contribution < -0.4 is 10.6 Å². The number of alkyl halides is 2. The van der Waals surface area contributed by atoms with Crippen LogP contribution in [-0.2, 0) is 0 Å². The van der Waals surface area contributed by atoms with Gasteiger partial charge in [-0.05, 0) is 19.1 Å². The lowest BCUT2D eigenvalue weighted by Gasteiger charge is -2.17. The van der Waals surface area contributed by atoms with Crippen molar-refractivity contribution in [2.75, 3.05) is 13.2 Å². The fraction of sp³-hybridized carbons (Fsp3) is 0.625. The molecule has 3 N–H and O–H groups in total. The molecule has 0 radical (unpaired) electrons. The lowest BCUT2D eigenvalue weighted by molar-refractivity contribution is -0.0443. The van der Waals surface area contributed by atoms with Gasteiger partial charge < -0.3 is 15.7 Å². The molecular formula is C8H14F2N2OS. The lowest BCUT2D eigenvalue weighted by atomic mass is 10.3. The van der Waals surface area contributed by atoms with Gasteiger partial charge >= 0.3 is 0 Å². The van der Waals surface area contributed by atoms with Crippen LogP contribution in [0.5, 0.6) is 0 Å². The fourth-order valence-corrected chi connectivity index (χ4v) is 0.840. The number of thiocarbonyl (C=S) groups is 1. The summed E-state index contributed by atoms with van der Waals surface area (Å²) in [4.78, 5) is 0. The zero-order valence-corrected chi connectivity index (χ0v) is 8.70. The average molecular weight is 224 g/mol. The third-order valence-corrected chi connectivity index (χ3v) is 1.71. The van der Waals surface area contributed by atoms with Gasteiger partial charge in [-0.25, -0.2) is 8.78 Å². The van der Waals surface area contributed by atoms with E-state index in [4.69, 9.17) is 17.3 Å². The maximum absolute atomic E-state index is 12.5. The quantitative estimate of drug-likeness (QED) is 0.474. The number of aliphatic hydroxyl groups excluding tert-OH is 1. The number of halogens is 2. The molecule has 82 valence electrons. The van der Waals surface area contributed by atoms with E-state index in [0.717, 1.165) is 0 Å². The molecule has 0 aliphatic heterocycles. The van der Waals surface area contributed by atoms with Crippen LogP contribution in [0.3, 0.4) is 0 Å². The van der Waals surface area contributed by atoms with Crippen molar-refractivity contribution in [1.29, 1.82) is 0 Å². The first-order valence-corrected chi connectivity index (χ1v) is 4.47. The molecule has 0 saturated carbocycles. The molecular weight excluding hydrogens is 210 g/mol. The topological polar surface area (TPSA) is 44.3 Å². The van der Waals surface area contributed by atoms with Gasteiger partial charge in [-0.1, -0.05) is 6.08 Å². The number of rotatable bonds is 5. The highest BCUT2D eigenvalue weighted by molar-refractivity contribution is 7.80. The summed E-state index contributed by atoms with van der Waals surface area (Å²) in [5, 5.41) is 13.4. The molecule has 1 atom stereocenters. The van der Waals surface area contributed by atoms with Crippen molar-refractivity contribution in [3.63, 3.8) is 0 Å². The molecule has 0 spiro atoms. The molecule has 0 fully saturated rings. The van der Waals surface area contributed by atoms with E-state index < -0.39 is 19.1 Å². The maximum atomic E-state index is 12.5. The van der Waals surface area contributed by atoms with Gasteiger partial charge in [0.1, 0.15) is 6.61 Å². The van der Waals surface area contributed by atoms with E-state index in [-0.39, 0.29) is 11.2 Å². The van der Waals surface area contributed by atoms with Crippen molar-refractivity contribution >= 4 is 17.3 Å². The Labute approximate surface area is 87.2 Å². The molecule has 0 aromatic rings. The van der Waals surface area contributed by atoms with E-state index in [1.807, 2.05) is 0 Å². The molecule has 14 heavy (non-hydrogen) atoms. The molecule has 0 saturated heterocycles. The molecule has 0 aromatic heterocycles. The predicted molar refractivity (Wildman–Crippen MR) is 55.4 cm³/mol. The Bertz CT molecular complexity index is 212. The Morgan fingerprint density at radius 1 is 1.71 bits per heavy atom. The fourth-order valence-electron chi connectivity index (χ4n) is 0.582. The van der Waals surface area contributed by atoms with Crippen LogP contribution in [-0.4, -0.2) is 35.3 Å². The largest absolute Gasteiger partial charge is 0.390 e. The van der Waals surface area contributed by atoms with E-state index >= 15 is 0 Å². The standard InChI is InChI=1S/C8H14F2N2OS/c1-3-6(2)12-7(14)11-4-8(9,10)5-13/h3,6,13H,1,4-5H2,2H3,(H2,11,12,14). The summed E-state index contributed by atoms with van der Waals surface area (Å²) in [5.41, 5.74) is 0. The monoisotopic (exact) mass is 224 g/mol. The summed E-state index contributed by atoms with van der Waals surface area (Å²) in [6, 6.07) is -0.0854. The summed E-state index contributed by atoms with van der Waals surface area (Å²) in [7, 11) is 0. The van der Waals surface area contributed by atoms with Gasteiger partial charge in [0.25, 0.3) is 5.92 Å². The van der Waals surface area contributed by atoms with E-state index in [1.165, 1.54) is 0 Å². The normalized spacial score (nSPS) is 13.1. The van der Waals surface area contributed by atoms with Crippen LogP contribution in [0.1, 0.15) is 6.92 Å². The minimum absolute atomic E-state index is 0.0854.